The molecule has 5 nitrogen and oxygen atoms in total. The van der Waals surface area contributed by atoms with Crippen LogP contribution in [0.1, 0.15) is 12.2 Å². The van der Waals surface area contributed by atoms with Gasteiger partial charge in [0, 0.05) is 12.8 Å². The standard InChI is InChI=1S/C7H11N3O2S/c1-5-8-7(10(2)9-5)13-4-3-6(11)12/h3-4H2,1-2H3,(H,11,12). The molecule has 0 unspecified atom stereocenters. The fourth-order valence-electron chi connectivity index (χ4n) is 0.848. The van der Waals surface area contributed by atoms with Gasteiger partial charge in [-0.2, -0.15) is 5.10 Å². The lowest BCUT2D eigenvalue weighted by atomic mass is 10.5. The summed E-state index contributed by atoms with van der Waals surface area (Å²) in [6, 6.07) is 0. The Morgan fingerprint density at radius 3 is 2.85 bits per heavy atom. The Labute approximate surface area is 80.2 Å². The van der Waals surface area contributed by atoms with Crippen molar-refractivity contribution in [2.45, 2.75) is 18.5 Å². The summed E-state index contributed by atoms with van der Waals surface area (Å²) in [6.45, 7) is 1.81. The van der Waals surface area contributed by atoms with Crippen LogP contribution in [0.25, 0.3) is 0 Å². The van der Waals surface area contributed by atoms with Gasteiger partial charge >= 0.3 is 5.97 Å². The summed E-state index contributed by atoms with van der Waals surface area (Å²) in [6.07, 6.45) is 0.149. The molecule has 0 aliphatic heterocycles. The average molecular weight is 201 g/mol. The molecule has 0 spiro atoms. The van der Waals surface area contributed by atoms with E-state index in [4.69, 9.17) is 5.11 Å². The summed E-state index contributed by atoms with van der Waals surface area (Å²) in [4.78, 5) is 14.4. The van der Waals surface area contributed by atoms with Crippen molar-refractivity contribution in [3.05, 3.63) is 5.82 Å². The van der Waals surface area contributed by atoms with E-state index in [2.05, 4.69) is 10.1 Å². The zero-order valence-electron chi connectivity index (χ0n) is 7.52. The number of aryl methyl sites for hydroxylation is 2. The van der Waals surface area contributed by atoms with Gasteiger partial charge in [0.1, 0.15) is 5.82 Å². The van der Waals surface area contributed by atoms with Gasteiger partial charge in [-0.25, -0.2) is 9.67 Å². The first-order valence-electron chi connectivity index (χ1n) is 3.82. The van der Waals surface area contributed by atoms with E-state index in [0.717, 1.165) is 5.16 Å². The predicted molar refractivity (Wildman–Crippen MR) is 48.7 cm³/mol. The molecule has 1 aromatic rings. The van der Waals surface area contributed by atoms with Gasteiger partial charge in [-0.1, -0.05) is 11.8 Å². The van der Waals surface area contributed by atoms with E-state index < -0.39 is 5.97 Å². The topological polar surface area (TPSA) is 68.0 Å². The summed E-state index contributed by atoms with van der Waals surface area (Å²) in [7, 11) is 1.79. The van der Waals surface area contributed by atoms with E-state index in [1.54, 1.807) is 18.7 Å². The molecule has 13 heavy (non-hydrogen) atoms. The van der Waals surface area contributed by atoms with Crippen LogP contribution in [0, 0.1) is 6.92 Å². The zero-order valence-corrected chi connectivity index (χ0v) is 8.34. The van der Waals surface area contributed by atoms with Crippen LogP contribution in [0.5, 0.6) is 0 Å². The van der Waals surface area contributed by atoms with Crippen LogP contribution in [0.3, 0.4) is 0 Å². The molecule has 0 aliphatic carbocycles. The minimum atomic E-state index is -0.786. The highest BCUT2D eigenvalue weighted by Gasteiger charge is 2.05. The normalized spacial score (nSPS) is 10.3. The van der Waals surface area contributed by atoms with Crippen LogP contribution >= 0.6 is 11.8 Å². The van der Waals surface area contributed by atoms with Gasteiger partial charge in [-0.15, -0.1) is 0 Å². The molecule has 0 atom stereocenters. The second kappa shape index (κ2) is 4.27. The Bertz CT molecular complexity index is 311. The van der Waals surface area contributed by atoms with E-state index in [9.17, 15) is 4.79 Å². The van der Waals surface area contributed by atoms with Crippen LogP contribution in [0.4, 0.5) is 0 Å². The molecule has 6 heteroatoms. The summed E-state index contributed by atoms with van der Waals surface area (Å²) in [5.74, 6) is 0.452. The maximum Gasteiger partial charge on any atom is 0.304 e. The van der Waals surface area contributed by atoms with Crippen molar-refractivity contribution >= 4 is 17.7 Å². The summed E-state index contributed by atoms with van der Waals surface area (Å²) < 4.78 is 1.65. The molecule has 1 rings (SSSR count). The van der Waals surface area contributed by atoms with Gasteiger partial charge in [-0.3, -0.25) is 4.79 Å². The molecule has 72 valence electrons. The van der Waals surface area contributed by atoms with Crippen molar-refractivity contribution < 1.29 is 9.90 Å². The number of hydrogen-bond acceptors (Lipinski definition) is 4. The van der Waals surface area contributed by atoms with Gasteiger partial charge in [0.25, 0.3) is 0 Å². The monoisotopic (exact) mass is 201 g/mol. The zero-order chi connectivity index (χ0) is 9.84. The van der Waals surface area contributed by atoms with Crippen molar-refractivity contribution in [2.24, 2.45) is 7.05 Å². The van der Waals surface area contributed by atoms with E-state index in [1.807, 2.05) is 0 Å². The third-order valence-electron chi connectivity index (χ3n) is 1.38. The van der Waals surface area contributed by atoms with Crippen LogP contribution in [0.2, 0.25) is 0 Å². The molecule has 0 aliphatic rings. The molecule has 1 heterocycles. The van der Waals surface area contributed by atoms with Gasteiger partial charge < -0.3 is 5.11 Å². The number of carboxylic acids is 1. The SMILES string of the molecule is Cc1nc(SCCC(=O)O)n(C)n1. The Morgan fingerprint density at radius 2 is 2.38 bits per heavy atom. The molecule has 1 aromatic heterocycles. The highest BCUT2D eigenvalue weighted by Crippen LogP contribution is 2.15. The molecule has 0 radical (unpaired) electrons. The van der Waals surface area contributed by atoms with Crippen molar-refractivity contribution in [3.8, 4) is 0 Å². The van der Waals surface area contributed by atoms with Gasteiger partial charge in [0.05, 0.1) is 6.42 Å². The fraction of sp³-hybridized carbons (Fsp3) is 0.571. The van der Waals surface area contributed by atoms with Crippen LogP contribution in [-0.2, 0) is 11.8 Å². The first kappa shape index (κ1) is 10.0. The molecule has 0 bridgehead atoms. The summed E-state index contributed by atoms with van der Waals surface area (Å²) in [5, 5.41) is 13.2. The second-order valence-electron chi connectivity index (χ2n) is 2.56. The van der Waals surface area contributed by atoms with Crippen molar-refractivity contribution in [1.29, 1.82) is 0 Å². The van der Waals surface area contributed by atoms with Crippen LogP contribution in [-0.4, -0.2) is 31.6 Å². The molecular weight excluding hydrogens is 190 g/mol. The van der Waals surface area contributed by atoms with E-state index in [1.165, 1.54) is 11.8 Å². The smallest absolute Gasteiger partial charge is 0.304 e. The molecule has 1 N–H and O–H groups in total. The third-order valence-corrected chi connectivity index (χ3v) is 2.40. The Hall–Kier alpha value is -1.04. The quantitative estimate of drug-likeness (QED) is 0.726. The maximum absolute atomic E-state index is 10.2. The highest BCUT2D eigenvalue weighted by atomic mass is 32.2. The molecule has 0 saturated heterocycles. The first-order valence-corrected chi connectivity index (χ1v) is 4.80. The maximum atomic E-state index is 10.2. The van der Waals surface area contributed by atoms with Crippen molar-refractivity contribution in [2.75, 3.05) is 5.75 Å². The average Bonchev–Trinajstić information content (AvgIpc) is 2.29. The number of hydrogen-bond donors (Lipinski definition) is 1. The number of aromatic nitrogens is 3. The molecule has 0 aromatic carbocycles. The minimum absolute atomic E-state index is 0.149. The minimum Gasteiger partial charge on any atom is -0.481 e. The first-order chi connectivity index (χ1) is 6.09. The number of carboxylic acid groups (broad SMARTS) is 1. The number of thioether (sulfide) groups is 1. The number of nitrogens with zero attached hydrogens (tertiary/aromatic N) is 3. The number of aliphatic carboxylic acids is 1. The lowest BCUT2D eigenvalue weighted by molar-refractivity contribution is -0.136. The fourth-order valence-corrected chi connectivity index (χ4v) is 1.73. The Morgan fingerprint density at radius 1 is 1.69 bits per heavy atom. The van der Waals surface area contributed by atoms with Crippen molar-refractivity contribution in [3.63, 3.8) is 0 Å². The van der Waals surface area contributed by atoms with E-state index in [-0.39, 0.29) is 6.42 Å². The Kier molecular flexibility index (Phi) is 3.30. The summed E-state index contributed by atoms with van der Waals surface area (Å²) in [5.41, 5.74) is 0. The van der Waals surface area contributed by atoms with Crippen LogP contribution in [0.15, 0.2) is 5.16 Å². The lowest BCUT2D eigenvalue weighted by Crippen LogP contribution is -1.98. The lowest BCUT2D eigenvalue weighted by Gasteiger charge is -1.96. The molecule has 0 amide bonds. The summed E-state index contributed by atoms with van der Waals surface area (Å²) >= 11 is 1.40. The van der Waals surface area contributed by atoms with E-state index >= 15 is 0 Å². The van der Waals surface area contributed by atoms with Gasteiger partial charge in [-0.05, 0) is 6.92 Å². The predicted octanol–water partition coefficient (Wildman–Crippen LogP) is 0.690. The molecular formula is C7H11N3O2S. The van der Waals surface area contributed by atoms with Gasteiger partial charge in [0.15, 0.2) is 5.16 Å². The van der Waals surface area contributed by atoms with E-state index in [0.29, 0.717) is 11.6 Å². The number of carbonyl (C=O) groups is 1. The number of rotatable bonds is 4. The van der Waals surface area contributed by atoms with Crippen LogP contribution < -0.4 is 0 Å². The van der Waals surface area contributed by atoms with Crippen molar-refractivity contribution in [1.82, 2.24) is 14.8 Å². The van der Waals surface area contributed by atoms with Gasteiger partial charge in [0.2, 0.25) is 0 Å². The highest BCUT2D eigenvalue weighted by molar-refractivity contribution is 7.99. The largest absolute Gasteiger partial charge is 0.481 e. The second-order valence-corrected chi connectivity index (χ2v) is 3.62. The Balaban J connectivity index is 2.45. The molecule has 0 saturated carbocycles. The molecule has 0 fully saturated rings. The third kappa shape index (κ3) is 3.06.